The van der Waals surface area contributed by atoms with Crippen LogP contribution in [0.4, 0.5) is 16.2 Å². The number of benzene rings is 2. The minimum absolute atomic E-state index is 0.0522. The first kappa shape index (κ1) is 26.8. The summed E-state index contributed by atoms with van der Waals surface area (Å²) in [6, 6.07) is 13.5. The molecule has 2 aromatic carbocycles. The van der Waals surface area contributed by atoms with Crippen molar-refractivity contribution in [3.8, 4) is 5.75 Å². The number of rotatable bonds is 7. The highest BCUT2D eigenvalue weighted by Gasteiger charge is 2.38. The smallest absolute Gasteiger partial charge is 0.294 e. The molecule has 2 aliphatic heterocycles. The summed E-state index contributed by atoms with van der Waals surface area (Å²) in [5.41, 5.74) is 3.96. The number of carbonyl (C=O) groups is 3. The quantitative estimate of drug-likeness (QED) is 0.433. The monoisotopic (exact) mass is 521 g/mol. The number of nitrogens with zero attached hydrogens (tertiary/aromatic N) is 2. The molecule has 0 radical (unpaired) electrons. The van der Waals surface area contributed by atoms with E-state index < -0.39 is 17.1 Å². The van der Waals surface area contributed by atoms with E-state index in [-0.39, 0.29) is 12.1 Å². The zero-order valence-electron chi connectivity index (χ0n) is 22.3. The molecule has 1 atom stereocenters. The number of hydrogen-bond acceptors (Lipinski definition) is 6. The van der Waals surface area contributed by atoms with E-state index in [1.54, 1.807) is 30.3 Å². The minimum atomic E-state index is -0.451. The third-order valence-electron chi connectivity index (χ3n) is 6.74. The van der Waals surface area contributed by atoms with Crippen LogP contribution >= 0.6 is 11.8 Å². The lowest BCUT2D eigenvalue weighted by Crippen LogP contribution is -2.51. The van der Waals surface area contributed by atoms with E-state index in [1.165, 1.54) is 11.3 Å². The molecule has 1 N–H and O–H groups in total. The Bertz CT molecular complexity index is 1240. The van der Waals surface area contributed by atoms with Crippen LogP contribution in [0.25, 0.3) is 6.08 Å². The molecule has 2 aromatic rings. The Labute approximate surface area is 223 Å². The Balaban J connectivity index is 1.48. The van der Waals surface area contributed by atoms with E-state index in [9.17, 15) is 14.4 Å². The van der Waals surface area contributed by atoms with Gasteiger partial charge in [0.05, 0.1) is 11.5 Å². The number of fused-ring (bicyclic) bond motifs is 1. The van der Waals surface area contributed by atoms with Gasteiger partial charge in [-0.05, 0) is 112 Å². The molecule has 0 aliphatic carbocycles. The van der Waals surface area contributed by atoms with E-state index >= 15 is 0 Å². The van der Waals surface area contributed by atoms with Gasteiger partial charge in [0.2, 0.25) is 5.91 Å². The van der Waals surface area contributed by atoms with Gasteiger partial charge in [-0.3, -0.25) is 19.3 Å². The minimum Gasteiger partial charge on any atom is -0.494 e. The van der Waals surface area contributed by atoms with Crippen LogP contribution < -0.4 is 15.0 Å². The summed E-state index contributed by atoms with van der Waals surface area (Å²) < 4.78 is 5.40. The first-order chi connectivity index (χ1) is 17.5. The Morgan fingerprint density at radius 1 is 1.19 bits per heavy atom. The molecule has 8 heteroatoms. The van der Waals surface area contributed by atoms with Gasteiger partial charge in [-0.1, -0.05) is 13.0 Å². The fraction of sp³-hybridized carbons (Fsp3) is 0.414. The second-order valence-corrected chi connectivity index (χ2v) is 11.5. The van der Waals surface area contributed by atoms with Gasteiger partial charge in [0.25, 0.3) is 11.1 Å². The maximum atomic E-state index is 13.0. The van der Waals surface area contributed by atoms with Crippen molar-refractivity contribution in [2.75, 3.05) is 23.4 Å². The number of amides is 3. The molecule has 196 valence electrons. The van der Waals surface area contributed by atoms with Crippen molar-refractivity contribution in [1.29, 1.82) is 0 Å². The van der Waals surface area contributed by atoms with Gasteiger partial charge in [0.1, 0.15) is 12.3 Å². The van der Waals surface area contributed by atoms with Crippen LogP contribution in [0.1, 0.15) is 65.0 Å². The third kappa shape index (κ3) is 5.69. The molecule has 0 spiro atoms. The van der Waals surface area contributed by atoms with Gasteiger partial charge in [-0.25, -0.2) is 0 Å². The molecule has 7 nitrogen and oxygen atoms in total. The number of ether oxygens (including phenoxy) is 1. The predicted molar refractivity (Wildman–Crippen MR) is 150 cm³/mol. The van der Waals surface area contributed by atoms with E-state index in [0.717, 1.165) is 28.6 Å². The maximum Gasteiger partial charge on any atom is 0.294 e. The maximum absolute atomic E-state index is 13.0. The second kappa shape index (κ2) is 10.6. The summed E-state index contributed by atoms with van der Waals surface area (Å²) in [6.45, 7) is 13.3. The van der Waals surface area contributed by atoms with E-state index in [0.29, 0.717) is 34.9 Å². The van der Waals surface area contributed by atoms with Crippen molar-refractivity contribution in [1.82, 2.24) is 4.90 Å². The van der Waals surface area contributed by atoms with Crippen molar-refractivity contribution in [2.45, 2.75) is 65.5 Å². The molecule has 2 heterocycles. The summed E-state index contributed by atoms with van der Waals surface area (Å²) >= 11 is 0.867. The van der Waals surface area contributed by atoms with E-state index in [4.69, 9.17) is 4.74 Å². The summed E-state index contributed by atoms with van der Waals surface area (Å²) in [5, 5.41) is 2.28. The molecule has 1 fully saturated rings. The second-order valence-electron chi connectivity index (χ2n) is 10.5. The molecule has 1 saturated heterocycles. The molecular weight excluding hydrogens is 486 g/mol. The first-order valence-corrected chi connectivity index (χ1v) is 13.5. The third-order valence-corrected chi connectivity index (χ3v) is 7.65. The zero-order valence-corrected chi connectivity index (χ0v) is 23.1. The fourth-order valence-corrected chi connectivity index (χ4v) is 6.31. The molecule has 0 unspecified atom stereocenters. The standard InChI is InChI=1S/C29H35N3O4S/c1-7-36-22-11-9-21(10-12-22)30-26(33)17-31-27(34)25(37-28(31)35)15-20-8-13-24-23(14-20)19(4)16-29(5,6)32(24)18(2)3/h8-15,18-19H,7,16-17H2,1-6H3,(H,30,33)/b25-15-/t19-/m0/s1. The van der Waals surface area contributed by atoms with Gasteiger partial charge in [-0.15, -0.1) is 0 Å². The molecule has 0 bridgehead atoms. The van der Waals surface area contributed by atoms with Crippen LogP contribution in [-0.4, -0.2) is 46.7 Å². The van der Waals surface area contributed by atoms with Crippen LogP contribution in [0.2, 0.25) is 0 Å². The SMILES string of the molecule is CCOc1ccc(NC(=O)CN2C(=O)S/C(=C\c3ccc4c(c3)[C@@H](C)CC(C)(C)N4C(C)C)C2=O)cc1. The number of hydrogen-bond donors (Lipinski definition) is 1. The lowest BCUT2D eigenvalue weighted by molar-refractivity contribution is -0.127. The summed E-state index contributed by atoms with van der Waals surface area (Å²) in [5.74, 6) is 0.183. The highest BCUT2D eigenvalue weighted by atomic mass is 32.2. The number of thioether (sulfide) groups is 1. The van der Waals surface area contributed by atoms with Crippen LogP contribution in [0.3, 0.4) is 0 Å². The molecule has 0 saturated carbocycles. The van der Waals surface area contributed by atoms with Crippen LogP contribution in [0, 0.1) is 0 Å². The molecule has 37 heavy (non-hydrogen) atoms. The number of anilines is 2. The lowest BCUT2D eigenvalue weighted by atomic mass is 9.79. The number of nitrogens with one attached hydrogen (secondary N) is 1. The van der Waals surface area contributed by atoms with Crippen molar-refractivity contribution in [3.05, 3.63) is 58.5 Å². The fourth-order valence-electron chi connectivity index (χ4n) is 5.47. The van der Waals surface area contributed by atoms with E-state index in [1.807, 2.05) is 13.0 Å². The highest BCUT2D eigenvalue weighted by molar-refractivity contribution is 8.18. The summed E-state index contributed by atoms with van der Waals surface area (Å²) in [6.07, 6.45) is 2.78. The summed E-state index contributed by atoms with van der Waals surface area (Å²) in [7, 11) is 0. The first-order valence-electron chi connectivity index (χ1n) is 12.7. The molecule has 4 rings (SSSR count). The Morgan fingerprint density at radius 3 is 2.54 bits per heavy atom. The van der Waals surface area contributed by atoms with Gasteiger partial charge in [0.15, 0.2) is 0 Å². The number of imide groups is 1. The van der Waals surface area contributed by atoms with Crippen LogP contribution in [0.5, 0.6) is 5.75 Å². The molecule has 0 aromatic heterocycles. The molecular formula is C29H35N3O4S. The van der Waals surface area contributed by atoms with Crippen molar-refractivity contribution in [3.63, 3.8) is 0 Å². The summed E-state index contributed by atoms with van der Waals surface area (Å²) in [4.78, 5) is 41.9. The van der Waals surface area contributed by atoms with Gasteiger partial charge >= 0.3 is 0 Å². The topological polar surface area (TPSA) is 79.0 Å². The van der Waals surface area contributed by atoms with E-state index in [2.05, 4.69) is 57.0 Å². The van der Waals surface area contributed by atoms with Gasteiger partial charge in [0, 0.05) is 23.0 Å². The van der Waals surface area contributed by atoms with Crippen molar-refractivity contribution in [2.24, 2.45) is 0 Å². The average Bonchev–Trinajstić information content (AvgIpc) is 3.07. The largest absolute Gasteiger partial charge is 0.494 e. The van der Waals surface area contributed by atoms with Crippen LogP contribution in [0.15, 0.2) is 47.4 Å². The predicted octanol–water partition coefficient (Wildman–Crippen LogP) is 6.26. The normalized spacial score (nSPS) is 20.0. The molecule has 3 amide bonds. The van der Waals surface area contributed by atoms with Gasteiger partial charge < -0.3 is 15.0 Å². The van der Waals surface area contributed by atoms with Crippen molar-refractivity contribution >= 4 is 46.3 Å². The lowest BCUT2D eigenvalue weighted by Gasteiger charge is -2.50. The van der Waals surface area contributed by atoms with Crippen molar-refractivity contribution < 1.29 is 19.1 Å². The molecule has 2 aliphatic rings. The Kier molecular flexibility index (Phi) is 7.69. The Hall–Kier alpha value is -3.26. The highest BCUT2D eigenvalue weighted by Crippen LogP contribution is 2.45. The van der Waals surface area contributed by atoms with Gasteiger partial charge in [-0.2, -0.15) is 0 Å². The average molecular weight is 522 g/mol. The number of carbonyl (C=O) groups excluding carboxylic acids is 3. The van der Waals surface area contributed by atoms with Crippen LogP contribution in [-0.2, 0) is 9.59 Å². The zero-order chi connectivity index (χ0) is 26.9. The Morgan fingerprint density at radius 2 is 1.89 bits per heavy atom.